The Labute approximate surface area is 102 Å². The van der Waals surface area contributed by atoms with Crippen LogP contribution >= 0.6 is 0 Å². The number of hydrogen-bond donors (Lipinski definition) is 1. The Kier molecular flexibility index (Phi) is 2.53. The second kappa shape index (κ2) is 4.05. The quantitative estimate of drug-likeness (QED) is 0.794. The maximum Gasteiger partial charge on any atom is 0.0992 e. The van der Waals surface area contributed by atoms with Gasteiger partial charge in [-0.25, -0.2) is 0 Å². The monoisotopic (exact) mass is 227 g/mol. The predicted octanol–water partition coefficient (Wildman–Crippen LogP) is 1.75. The second-order valence-corrected chi connectivity index (χ2v) is 5.30. The van der Waals surface area contributed by atoms with Crippen LogP contribution in [0.4, 0.5) is 5.69 Å². The van der Waals surface area contributed by atoms with Crippen molar-refractivity contribution in [3.8, 4) is 6.07 Å². The van der Waals surface area contributed by atoms with Gasteiger partial charge in [0.15, 0.2) is 0 Å². The molecule has 0 amide bonds. The standard InChI is InChI=1S/C14H17N3/c15-8-12-3-1-4-13(7-12)17-10-14(11-17)5-2-6-16-9-14/h1,3-4,7,16H,2,5-6,9-11H2. The summed E-state index contributed by atoms with van der Waals surface area (Å²) in [4.78, 5) is 2.38. The molecule has 1 spiro atoms. The lowest BCUT2D eigenvalue weighted by Gasteiger charge is -2.53. The Hall–Kier alpha value is -1.53. The molecule has 2 fully saturated rings. The summed E-state index contributed by atoms with van der Waals surface area (Å²) in [7, 11) is 0. The zero-order valence-corrected chi connectivity index (χ0v) is 9.95. The van der Waals surface area contributed by atoms with E-state index in [9.17, 15) is 0 Å². The molecule has 17 heavy (non-hydrogen) atoms. The van der Waals surface area contributed by atoms with Crippen LogP contribution < -0.4 is 10.2 Å². The highest BCUT2D eigenvalue weighted by atomic mass is 15.2. The zero-order valence-electron chi connectivity index (χ0n) is 9.95. The molecule has 1 aromatic rings. The highest BCUT2D eigenvalue weighted by molar-refractivity contribution is 5.54. The molecular formula is C14H17N3. The number of benzene rings is 1. The normalized spacial score (nSPS) is 21.9. The molecular weight excluding hydrogens is 210 g/mol. The van der Waals surface area contributed by atoms with E-state index in [1.54, 1.807) is 0 Å². The molecule has 2 saturated heterocycles. The molecule has 3 rings (SSSR count). The second-order valence-electron chi connectivity index (χ2n) is 5.30. The van der Waals surface area contributed by atoms with Crippen molar-refractivity contribution in [2.75, 3.05) is 31.1 Å². The molecule has 0 aromatic heterocycles. The minimum atomic E-state index is 0.501. The Balaban J connectivity index is 1.70. The van der Waals surface area contributed by atoms with Crippen molar-refractivity contribution in [1.29, 1.82) is 5.26 Å². The fourth-order valence-corrected chi connectivity index (χ4v) is 3.02. The van der Waals surface area contributed by atoms with E-state index < -0.39 is 0 Å². The van der Waals surface area contributed by atoms with Crippen molar-refractivity contribution in [3.05, 3.63) is 29.8 Å². The minimum absolute atomic E-state index is 0.501. The highest BCUT2D eigenvalue weighted by Gasteiger charge is 2.43. The van der Waals surface area contributed by atoms with Gasteiger partial charge in [-0.15, -0.1) is 0 Å². The topological polar surface area (TPSA) is 39.1 Å². The van der Waals surface area contributed by atoms with E-state index in [0.29, 0.717) is 5.41 Å². The van der Waals surface area contributed by atoms with Gasteiger partial charge in [0, 0.05) is 30.7 Å². The van der Waals surface area contributed by atoms with Crippen molar-refractivity contribution in [2.24, 2.45) is 5.41 Å². The van der Waals surface area contributed by atoms with Crippen molar-refractivity contribution in [3.63, 3.8) is 0 Å². The van der Waals surface area contributed by atoms with Gasteiger partial charge in [-0.1, -0.05) is 6.07 Å². The molecule has 2 heterocycles. The fraction of sp³-hybridized carbons (Fsp3) is 0.500. The van der Waals surface area contributed by atoms with Crippen molar-refractivity contribution in [2.45, 2.75) is 12.8 Å². The van der Waals surface area contributed by atoms with E-state index in [4.69, 9.17) is 5.26 Å². The highest BCUT2D eigenvalue weighted by Crippen LogP contribution is 2.39. The molecule has 3 heteroatoms. The maximum absolute atomic E-state index is 8.90. The summed E-state index contributed by atoms with van der Waals surface area (Å²) >= 11 is 0. The van der Waals surface area contributed by atoms with Gasteiger partial charge in [0.05, 0.1) is 11.6 Å². The predicted molar refractivity (Wildman–Crippen MR) is 67.9 cm³/mol. The number of nitrogens with zero attached hydrogens (tertiary/aromatic N) is 2. The number of nitriles is 1. The first-order valence-electron chi connectivity index (χ1n) is 6.27. The number of rotatable bonds is 1. The molecule has 3 nitrogen and oxygen atoms in total. The molecule has 1 aromatic carbocycles. The molecule has 0 aliphatic carbocycles. The zero-order chi connectivity index (χ0) is 11.7. The average Bonchev–Trinajstić information content (AvgIpc) is 2.37. The number of piperidine rings is 1. The van der Waals surface area contributed by atoms with Crippen LogP contribution in [0.1, 0.15) is 18.4 Å². The lowest BCUT2D eigenvalue weighted by molar-refractivity contribution is 0.157. The van der Waals surface area contributed by atoms with Crippen molar-refractivity contribution >= 4 is 5.69 Å². The summed E-state index contributed by atoms with van der Waals surface area (Å²) in [5.74, 6) is 0. The van der Waals surface area contributed by atoms with Crippen LogP contribution in [0.2, 0.25) is 0 Å². The Morgan fingerprint density at radius 2 is 2.24 bits per heavy atom. The first-order valence-corrected chi connectivity index (χ1v) is 6.27. The van der Waals surface area contributed by atoms with Crippen LogP contribution in [-0.2, 0) is 0 Å². The number of hydrogen-bond acceptors (Lipinski definition) is 3. The fourth-order valence-electron chi connectivity index (χ4n) is 3.02. The molecule has 2 aliphatic heterocycles. The van der Waals surface area contributed by atoms with Gasteiger partial charge in [0.1, 0.15) is 0 Å². The lowest BCUT2D eigenvalue weighted by Crippen LogP contribution is -2.62. The molecule has 0 radical (unpaired) electrons. The first kappa shape index (κ1) is 10.6. The van der Waals surface area contributed by atoms with Crippen LogP contribution in [0.15, 0.2) is 24.3 Å². The minimum Gasteiger partial charge on any atom is -0.370 e. The number of nitrogens with one attached hydrogen (secondary N) is 1. The van der Waals surface area contributed by atoms with E-state index in [1.807, 2.05) is 18.2 Å². The smallest absolute Gasteiger partial charge is 0.0992 e. The molecule has 0 bridgehead atoms. The van der Waals surface area contributed by atoms with Crippen molar-refractivity contribution in [1.82, 2.24) is 5.32 Å². The van der Waals surface area contributed by atoms with Crippen LogP contribution in [0.25, 0.3) is 0 Å². The van der Waals surface area contributed by atoms with E-state index in [1.165, 1.54) is 25.1 Å². The summed E-state index contributed by atoms with van der Waals surface area (Å²) in [6.45, 7) is 4.59. The molecule has 1 N–H and O–H groups in total. The van der Waals surface area contributed by atoms with Gasteiger partial charge < -0.3 is 10.2 Å². The van der Waals surface area contributed by atoms with Crippen LogP contribution in [0.5, 0.6) is 0 Å². The van der Waals surface area contributed by atoms with Crippen LogP contribution in [0.3, 0.4) is 0 Å². The molecule has 2 aliphatic rings. The third-order valence-corrected chi connectivity index (χ3v) is 3.95. The van der Waals surface area contributed by atoms with E-state index >= 15 is 0 Å². The maximum atomic E-state index is 8.90. The summed E-state index contributed by atoms with van der Waals surface area (Å²) in [5, 5.41) is 12.4. The van der Waals surface area contributed by atoms with Crippen LogP contribution in [0, 0.1) is 16.7 Å². The van der Waals surface area contributed by atoms with Gasteiger partial charge >= 0.3 is 0 Å². The Morgan fingerprint density at radius 3 is 2.94 bits per heavy atom. The van der Waals surface area contributed by atoms with E-state index in [-0.39, 0.29) is 0 Å². The van der Waals surface area contributed by atoms with Gasteiger partial charge in [-0.2, -0.15) is 5.26 Å². The van der Waals surface area contributed by atoms with Gasteiger partial charge in [-0.05, 0) is 37.6 Å². The lowest BCUT2D eigenvalue weighted by atomic mass is 9.74. The molecule has 88 valence electrons. The van der Waals surface area contributed by atoms with Gasteiger partial charge in [-0.3, -0.25) is 0 Å². The summed E-state index contributed by atoms with van der Waals surface area (Å²) in [5.41, 5.74) is 2.45. The third kappa shape index (κ3) is 1.89. The first-order chi connectivity index (χ1) is 8.31. The van der Waals surface area contributed by atoms with Gasteiger partial charge in [0.25, 0.3) is 0 Å². The molecule has 0 unspecified atom stereocenters. The number of anilines is 1. The third-order valence-electron chi connectivity index (χ3n) is 3.95. The van der Waals surface area contributed by atoms with Gasteiger partial charge in [0.2, 0.25) is 0 Å². The van der Waals surface area contributed by atoms with E-state index in [2.05, 4.69) is 22.4 Å². The average molecular weight is 227 g/mol. The SMILES string of the molecule is N#Cc1cccc(N2CC3(CCCNC3)C2)c1. The Bertz CT molecular complexity index is 447. The summed E-state index contributed by atoms with van der Waals surface area (Å²) < 4.78 is 0. The van der Waals surface area contributed by atoms with E-state index in [0.717, 1.165) is 25.2 Å². The summed E-state index contributed by atoms with van der Waals surface area (Å²) in [6.07, 6.45) is 2.64. The van der Waals surface area contributed by atoms with Crippen LogP contribution in [-0.4, -0.2) is 26.2 Å². The molecule has 0 atom stereocenters. The summed E-state index contributed by atoms with van der Waals surface area (Å²) in [6, 6.07) is 10.1. The van der Waals surface area contributed by atoms with Crippen molar-refractivity contribution < 1.29 is 0 Å². The molecule has 0 saturated carbocycles. The largest absolute Gasteiger partial charge is 0.370 e. The Morgan fingerprint density at radius 1 is 1.35 bits per heavy atom.